The van der Waals surface area contributed by atoms with E-state index >= 15 is 0 Å². The molecule has 0 aliphatic heterocycles. The highest BCUT2D eigenvalue weighted by Crippen LogP contribution is 2.31. The van der Waals surface area contributed by atoms with E-state index in [1.54, 1.807) is 11.9 Å². The summed E-state index contributed by atoms with van der Waals surface area (Å²) in [5, 5.41) is 13.3. The lowest BCUT2D eigenvalue weighted by atomic mass is 10.0. The third-order valence-corrected chi connectivity index (χ3v) is 3.49. The summed E-state index contributed by atoms with van der Waals surface area (Å²) in [6, 6.07) is 0. The summed E-state index contributed by atoms with van der Waals surface area (Å²) in [5.41, 5.74) is -0.718. The van der Waals surface area contributed by atoms with Gasteiger partial charge < -0.3 is 15.3 Å². The first-order valence-electron chi connectivity index (χ1n) is 6.74. The van der Waals surface area contributed by atoms with Gasteiger partial charge in [0.1, 0.15) is 0 Å². The van der Waals surface area contributed by atoms with Crippen LogP contribution in [0.25, 0.3) is 0 Å². The van der Waals surface area contributed by atoms with Gasteiger partial charge in [-0.2, -0.15) is 4.98 Å². The quantitative estimate of drug-likeness (QED) is 0.852. The highest BCUT2D eigenvalue weighted by Gasteiger charge is 2.33. The number of aliphatic hydroxyl groups is 1. The molecule has 1 fully saturated rings. The van der Waals surface area contributed by atoms with E-state index in [1.807, 2.05) is 6.92 Å². The van der Waals surface area contributed by atoms with Crippen molar-refractivity contribution >= 4 is 11.8 Å². The van der Waals surface area contributed by atoms with Gasteiger partial charge in [0.25, 0.3) is 0 Å². The van der Waals surface area contributed by atoms with Crippen LogP contribution < -0.4 is 10.2 Å². The number of hydrogen-bond acceptors (Lipinski definition) is 5. The standard InChI is InChI=1S/C13H21FN4O/c1-3-15-12-16-8-10(14)11(17-12)18(2)9-13(19)6-4-5-7-13/h8,19H,3-7,9H2,1-2H3,(H,15,16,17). The van der Waals surface area contributed by atoms with Crippen molar-refractivity contribution in [3.05, 3.63) is 12.0 Å². The fourth-order valence-corrected chi connectivity index (χ4v) is 2.58. The molecule has 19 heavy (non-hydrogen) atoms. The molecule has 1 aliphatic carbocycles. The summed E-state index contributed by atoms with van der Waals surface area (Å²) in [5.74, 6) is 0.168. The third kappa shape index (κ3) is 3.32. The van der Waals surface area contributed by atoms with Crippen LogP contribution in [0.15, 0.2) is 6.20 Å². The Morgan fingerprint density at radius 3 is 2.79 bits per heavy atom. The van der Waals surface area contributed by atoms with E-state index in [2.05, 4.69) is 15.3 Å². The molecule has 1 heterocycles. The zero-order valence-electron chi connectivity index (χ0n) is 11.5. The van der Waals surface area contributed by atoms with Crippen LogP contribution in [-0.4, -0.2) is 40.8 Å². The molecular formula is C13H21FN4O. The van der Waals surface area contributed by atoms with E-state index in [9.17, 15) is 9.50 Å². The molecular weight excluding hydrogens is 247 g/mol. The monoisotopic (exact) mass is 268 g/mol. The number of rotatable bonds is 5. The summed E-state index contributed by atoms with van der Waals surface area (Å²) in [6.07, 6.45) is 4.75. The fraction of sp³-hybridized carbons (Fsp3) is 0.692. The van der Waals surface area contributed by atoms with Crippen LogP contribution in [-0.2, 0) is 0 Å². The van der Waals surface area contributed by atoms with Gasteiger partial charge in [-0.05, 0) is 19.8 Å². The number of halogens is 1. The minimum Gasteiger partial charge on any atom is -0.388 e. The maximum Gasteiger partial charge on any atom is 0.224 e. The maximum atomic E-state index is 13.8. The van der Waals surface area contributed by atoms with Crippen LogP contribution in [0.3, 0.4) is 0 Å². The first-order valence-corrected chi connectivity index (χ1v) is 6.74. The minimum absolute atomic E-state index is 0.228. The van der Waals surface area contributed by atoms with Crippen LogP contribution in [0.1, 0.15) is 32.6 Å². The first-order chi connectivity index (χ1) is 9.04. The molecule has 1 aliphatic rings. The molecule has 1 aromatic heterocycles. The topological polar surface area (TPSA) is 61.3 Å². The lowest BCUT2D eigenvalue weighted by molar-refractivity contribution is 0.0557. The number of anilines is 2. The number of hydrogen-bond donors (Lipinski definition) is 2. The smallest absolute Gasteiger partial charge is 0.224 e. The minimum atomic E-state index is -0.718. The second-order valence-corrected chi connectivity index (χ2v) is 5.18. The molecule has 1 aromatic rings. The van der Waals surface area contributed by atoms with Crippen molar-refractivity contribution in [2.75, 3.05) is 30.4 Å². The molecule has 0 atom stereocenters. The van der Waals surface area contributed by atoms with Crippen LogP contribution in [0.2, 0.25) is 0 Å². The second-order valence-electron chi connectivity index (χ2n) is 5.18. The highest BCUT2D eigenvalue weighted by atomic mass is 19.1. The molecule has 2 rings (SSSR count). The normalized spacial score (nSPS) is 17.5. The fourth-order valence-electron chi connectivity index (χ4n) is 2.58. The van der Waals surface area contributed by atoms with Gasteiger partial charge >= 0.3 is 0 Å². The molecule has 2 N–H and O–H groups in total. The predicted octanol–water partition coefficient (Wildman–Crippen LogP) is 1.79. The molecule has 0 unspecified atom stereocenters. The zero-order valence-corrected chi connectivity index (χ0v) is 11.5. The van der Waals surface area contributed by atoms with Gasteiger partial charge in [0, 0.05) is 20.1 Å². The summed E-state index contributed by atoms with van der Waals surface area (Å²) in [6.45, 7) is 3.00. The molecule has 0 radical (unpaired) electrons. The largest absolute Gasteiger partial charge is 0.388 e. The Morgan fingerprint density at radius 2 is 2.16 bits per heavy atom. The van der Waals surface area contributed by atoms with Crippen molar-refractivity contribution < 1.29 is 9.50 Å². The molecule has 0 aromatic carbocycles. The SMILES string of the molecule is CCNc1ncc(F)c(N(C)CC2(O)CCCC2)n1. The Hall–Kier alpha value is -1.43. The van der Waals surface area contributed by atoms with Crippen molar-refractivity contribution in [3.63, 3.8) is 0 Å². The van der Waals surface area contributed by atoms with E-state index in [-0.39, 0.29) is 5.82 Å². The zero-order chi connectivity index (χ0) is 13.9. The van der Waals surface area contributed by atoms with E-state index in [0.717, 1.165) is 31.9 Å². The Balaban J connectivity index is 2.13. The summed E-state index contributed by atoms with van der Waals surface area (Å²) >= 11 is 0. The van der Waals surface area contributed by atoms with Crippen LogP contribution in [0.4, 0.5) is 16.2 Å². The van der Waals surface area contributed by atoms with Crippen molar-refractivity contribution in [3.8, 4) is 0 Å². The van der Waals surface area contributed by atoms with Gasteiger partial charge in [0.2, 0.25) is 5.95 Å². The number of aromatic nitrogens is 2. The summed E-state index contributed by atoms with van der Waals surface area (Å²) in [7, 11) is 1.75. The molecule has 1 saturated carbocycles. The van der Waals surface area contributed by atoms with E-state index in [0.29, 0.717) is 19.0 Å². The molecule has 5 nitrogen and oxygen atoms in total. The Morgan fingerprint density at radius 1 is 1.47 bits per heavy atom. The van der Waals surface area contributed by atoms with Gasteiger partial charge in [-0.15, -0.1) is 0 Å². The maximum absolute atomic E-state index is 13.8. The van der Waals surface area contributed by atoms with Crippen molar-refractivity contribution in [2.45, 2.75) is 38.2 Å². The van der Waals surface area contributed by atoms with Gasteiger partial charge in [-0.3, -0.25) is 0 Å². The summed E-state index contributed by atoms with van der Waals surface area (Å²) in [4.78, 5) is 9.70. The number of likely N-dealkylation sites (N-methyl/N-ethyl adjacent to an activating group) is 1. The average molecular weight is 268 g/mol. The average Bonchev–Trinajstić information content (AvgIpc) is 2.78. The molecule has 0 spiro atoms. The van der Waals surface area contributed by atoms with Crippen molar-refractivity contribution in [1.29, 1.82) is 0 Å². The lowest BCUT2D eigenvalue weighted by Crippen LogP contribution is -2.40. The van der Waals surface area contributed by atoms with Gasteiger partial charge in [0.05, 0.1) is 11.8 Å². The first kappa shape index (κ1) is 14.0. The molecule has 0 bridgehead atoms. The Labute approximate surface area is 112 Å². The van der Waals surface area contributed by atoms with Crippen LogP contribution in [0.5, 0.6) is 0 Å². The molecule has 106 valence electrons. The number of nitrogens with zero attached hydrogens (tertiary/aromatic N) is 3. The van der Waals surface area contributed by atoms with Gasteiger partial charge in [-0.25, -0.2) is 9.37 Å². The van der Waals surface area contributed by atoms with E-state index in [1.165, 1.54) is 0 Å². The van der Waals surface area contributed by atoms with E-state index < -0.39 is 11.4 Å². The van der Waals surface area contributed by atoms with Crippen molar-refractivity contribution in [2.24, 2.45) is 0 Å². The van der Waals surface area contributed by atoms with Crippen LogP contribution in [0, 0.1) is 5.82 Å². The predicted molar refractivity (Wildman–Crippen MR) is 72.8 cm³/mol. The van der Waals surface area contributed by atoms with Crippen molar-refractivity contribution in [1.82, 2.24) is 9.97 Å². The van der Waals surface area contributed by atoms with Gasteiger partial charge in [-0.1, -0.05) is 12.8 Å². The lowest BCUT2D eigenvalue weighted by Gasteiger charge is -2.29. The van der Waals surface area contributed by atoms with Crippen LogP contribution >= 0.6 is 0 Å². The highest BCUT2D eigenvalue weighted by molar-refractivity contribution is 5.43. The molecule has 6 heteroatoms. The third-order valence-electron chi connectivity index (χ3n) is 3.49. The Bertz CT molecular complexity index is 435. The summed E-state index contributed by atoms with van der Waals surface area (Å²) < 4.78 is 13.8. The number of nitrogens with one attached hydrogen (secondary N) is 1. The van der Waals surface area contributed by atoms with Gasteiger partial charge in [0.15, 0.2) is 11.6 Å². The molecule has 0 amide bonds. The molecule has 0 saturated heterocycles. The van der Waals surface area contributed by atoms with E-state index in [4.69, 9.17) is 0 Å². The Kier molecular flexibility index (Phi) is 4.19. The second kappa shape index (κ2) is 5.69.